The lowest BCUT2D eigenvalue weighted by Gasteiger charge is -2.23. The van der Waals surface area contributed by atoms with E-state index in [0.717, 1.165) is 0 Å². The third-order valence-corrected chi connectivity index (χ3v) is 3.70. The summed E-state index contributed by atoms with van der Waals surface area (Å²) in [4.78, 5) is 23.6. The van der Waals surface area contributed by atoms with E-state index in [1.54, 1.807) is 49.4 Å². The zero-order chi connectivity index (χ0) is 17.7. The maximum absolute atomic E-state index is 12.3. The Labute approximate surface area is 145 Å². The van der Waals surface area contributed by atoms with Gasteiger partial charge in [-0.05, 0) is 30.7 Å². The van der Waals surface area contributed by atoms with E-state index in [4.69, 9.17) is 11.6 Å². The van der Waals surface area contributed by atoms with Crippen molar-refractivity contribution < 1.29 is 14.7 Å². The molecule has 2 aromatic rings. The van der Waals surface area contributed by atoms with Crippen molar-refractivity contribution in [2.24, 2.45) is 0 Å². The van der Waals surface area contributed by atoms with E-state index in [1.165, 1.54) is 6.92 Å². The zero-order valence-corrected chi connectivity index (χ0v) is 14.2. The highest BCUT2D eigenvalue weighted by Gasteiger charge is 2.26. The number of hydrogen-bond donors (Lipinski definition) is 3. The lowest BCUT2D eigenvalue weighted by atomic mass is 9.92. The van der Waals surface area contributed by atoms with E-state index in [-0.39, 0.29) is 12.3 Å². The molecule has 0 aliphatic rings. The standard InChI is InChI=1S/C18H19ClN2O3/c1-12(22)20-15-9-8-14(19)10-16(15)21-17(23)11-18(2,24)13-6-4-3-5-7-13/h3-10,24H,11H2,1-2H3,(H,20,22)(H,21,23). The van der Waals surface area contributed by atoms with Crippen LogP contribution in [0.2, 0.25) is 5.02 Å². The first-order valence-corrected chi connectivity index (χ1v) is 7.80. The van der Waals surface area contributed by atoms with Crippen molar-refractivity contribution in [3.63, 3.8) is 0 Å². The lowest BCUT2D eigenvalue weighted by Crippen LogP contribution is -2.28. The number of nitrogens with one attached hydrogen (secondary N) is 2. The van der Waals surface area contributed by atoms with Gasteiger partial charge in [0, 0.05) is 11.9 Å². The first-order valence-electron chi connectivity index (χ1n) is 7.43. The van der Waals surface area contributed by atoms with Crippen LogP contribution in [0.1, 0.15) is 25.8 Å². The minimum atomic E-state index is -1.31. The molecule has 2 rings (SSSR count). The minimum absolute atomic E-state index is 0.136. The highest BCUT2D eigenvalue weighted by molar-refractivity contribution is 6.31. The summed E-state index contributed by atoms with van der Waals surface area (Å²) in [6, 6.07) is 13.7. The Morgan fingerprint density at radius 2 is 1.75 bits per heavy atom. The van der Waals surface area contributed by atoms with Gasteiger partial charge in [-0.15, -0.1) is 0 Å². The van der Waals surface area contributed by atoms with Gasteiger partial charge < -0.3 is 15.7 Å². The fourth-order valence-electron chi connectivity index (χ4n) is 2.32. The molecule has 5 nitrogen and oxygen atoms in total. The molecular formula is C18H19ClN2O3. The molecule has 0 saturated carbocycles. The molecular weight excluding hydrogens is 328 g/mol. The van der Waals surface area contributed by atoms with Crippen molar-refractivity contribution in [1.29, 1.82) is 0 Å². The number of rotatable bonds is 5. The van der Waals surface area contributed by atoms with Crippen molar-refractivity contribution >= 4 is 34.8 Å². The van der Waals surface area contributed by atoms with Gasteiger partial charge >= 0.3 is 0 Å². The molecule has 2 amide bonds. The van der Waals surface area contributed by atoms with Crippen LogP contribution in [0.4, 0.5) is 11.4 Å². The topological polar surface area (TPSA) is 78.4 Å². The lowest BCUT2D eigenvalue weighted by molar-refractivity contribution is -0.120. The maximum atomic E-state index is 12.3. The molecule has 6 heteroatoms. The van der Waals surface area contributed by atoms with Crippen molar-refractivity contribution in [3.8, 4) is 0 Å². The van der Waals surface area contributed by atoms with E-state index in [0.29, 0.717) is 22.0 Å². The number of carbonyl (C=O) groups excluding carboxylic acids is 2. The van der Waals surface area contributed by atoms with Gasteiger partial charge in [0.05, 0.1) is 23.4 Å². The number of benzene rings is 2. The molecule has 0 aromatic heterocycles. The normalized spacial score (nSPS) is 13.0. The maximum Gasteiger partial charge on any atom is 0.227 e. The summed E-state index contributed by atoms with van der Waals surface area (Å²) < 4.78 is 0. The number of carbonyl (C=O) groups is 2. The van der Waals surface area contributed by atoms with E-state index < -0.39 is 11.5 Å². The molecule has 0 aliphatic heterocycles. The molecule has 0 radical (unpaired) electrons. The predicted octanol–water partition coefficient (Wildman–Crippen LogP) is 3.53. The van der Waals surface area contributed by atoms with E-state index in [1.807, 2.05) is 6.07 Å². The Hall–Kier alpha value is -2.37. The van der Waals surface area contributed by atoms with Crippen LogP contribution in [0.3, 0.4) is 0 Å². The van der Waals surface area contributed by atoms with Crippen LogP contribution in [0.25, 0.3) is 0 Å². The summed E-state index contributed by atoms with van der Waals surface area (Å²) in [6.45, 7) is 2.95. The highest BCUT2D eigenvalue weighted by Crippen LogP contribution is 2.28. The summed E-state index contributed by atoms with van der Waals surface area (Å²) in [5.74, 6) is -0.651. The van der Waals surface area contributed by atoms with Gasteiger partial charge in [0.2, 0.25) is 11.8 Å². The summed E-state index contributed by atoms with van der Waals surface area (Å²) in [5, 5.41) is 16.3. The molecule has 0 spiro atoms. The van der Waals surface area contributed by atoms with Crippen LogP contribution < -0.4 is 10.6 Å². The largest absolute Gasteiger partial charge is 0.385 e. The van der Waals surface area contributed by atoms with Gasteiger partial charge in [-0.3, -0.25) is 9.59 Å². The number of aliphatic hydroxyl groups is 1. The molecule has 2 aromatic carbocycles. The quantitative estimate of drug-likeness (QED) is 0.774. The Morgan fingerprint density at radius 1 is 1.08 bits per heavy atom. The van der Waals surface area contributed by atoms with E-state index in [2.05, 4.69) is 10.6 Å². The van der Waals surface area contributed by atoms with Gasteiger partial charge in [0.25, 0.3) is 0 Å². The molecule has 1 atom stereocenters. The number of amides is 2. The average Bonchev–Trinajstić information content (AvgIpc) is 2.50. The van der Waals surface area contributed by atoms with Crippen LogP contribution in [-0.4, -0.2) is 16.9 Å². The van der Waals surface area contributed by atoms with Crippen molar-refractivity contribution in [2.75, 3.05) is 10.6 Å². The van der Waals surface area contributed by atoms with Gasteiger partial charge in [-0.2, -0.15) is 0 Å². The van der Waals surface area contributed by atoms with Crippen molar-refractivity contribution in [2.45, 2.75) is 25.9 Å². The first-order chi connectivity index (χ1) is 11.3. The Balaban J connectivity index is 2.15. The smallest absolute Gasteiger partial charge is 0.227 e. The Kier molecular flexibility index (Phi) is 5.59. The summed E-state index contributed by atoms with van der Waals surface area (Å²) in [5.41, 5.74) is 0.164. The molecule has 0 saturated heterocycles. The summed E-state index contributed by atoms with van der Waals surface area (Å²) in [6.07, 6.45) is -0.136. The minimum Gasteiger partial charge on any atom is -0.385 e. The van der Waals surface area contributed by atoms with E-state index >= 15 is 0 Å². The molecule has 0 aliphatic carbocycles. The van der Waals surface area contributed by atoms with Gasteiger partial charge in [-0.1, -0.05) is 41.9 Å². The molecule has 0 bridgehead atoms. The number of hydrogen-bond acceptors (Lipinski definition) is 3. The van der Waals surface area contributed by atoms with Gasteiger partial charge in [0.15, 0.2) is 0 Å². The first kappa shape index (κ1) is 18.0. The molecule has 3 N–H and O–H groups in total. The highest BCUT2D eigenvalue weighted by atomic mass is 35.5. The predicted molar refractivity (Wildman–Crippen MR) is 95.0 cm³/mol. The SMILES string of the molecule is CC(=O)Nc1ccc(Cl)cc1NC(=O)CC(C)(O)c1ccccc1. The second-order valence-corrected chi connectivity index (χ2v) is 6.17. The van der Waals surface area contributed by atoms with Crippen molar-refractivity contribution in [3.05, 3.63) is 59.1 Å². The Bertz CT molecular complexity index is 745. The Morgan fingerprint density at radius 3 is 2.38 bits per heavy atom. The van der Waals surface area contributed by atoms with Crippen LogP contribution in [0.15, 0.2) is 48.5 Å². The van der Waals surface area contributed by atoms with Crippen LogP contribution in [0.5, 0.6) is 0 Å². The molecule has 24 heavy (non-hydrogen) atoms. The van der Waals surface area contributed by atoms with Crippen LogP contribution in [-0.2, 0) is 15.2 Å². The molecule has 1 unspecified atom stereocenters. The monoisotopic (exact) mass is 346 g/mol. The summed E-state index contributed by atoms with van der Waals surface area (Å²) in [7, 11) is 0. The summed E-state index contributed by atoms with van der Waals surface area (Å²) >= 11 is 5.95. The molecule has 0 heterocycles. The van der Waals surface area contributed by atoms with E-state index in [9.17, 15) is 14.7 Å². The number of halogens is 1. The zero-order valence-electron chi connectivity index (χ0n) is 13.5. The van der Waals surface area contributed by atoms with Crippen molar-refractivity contribution in [1.82, 2.24) is 0 Å². The molecule has 126 valence electrons. The number of anilines is 2. The van der Waals surface area contributed by atoms with Crippen LogP contribution in [0, 0.1) is 0 Å². The second kappa shape index (κ2) is 7.47. The van der Waals surface area contributed by atoms with Gasteiger partial charge in [0.1, 0.15) is 0 Å². The third kappa shape index (κ3) is 4.81. The molecule has 0 fully saturated rings. The third-order valence-electron chi connectivity index (χ3n) is 3.47. The van der Waals surface area contributed by atoms with Gasteiger partial charge in [-0.25, -0.2) is 0 Å². The van der Waals surface area contributed by atoms with Crippen LogP contribution >= 0.6 is 11.6 Å². The fraction of sp³-hybridized carbons (Fsp3) is 0.222. The fourth-order valence-corrected chi connectivity index (χ4v) is 2.50. The average molecular weight is 347 g/mol. The second-order valence-electron chi connectivity index (χ2n) is 5.74.